The molecule has 4 N–H and O–H groups in total. The summed E-state index contributed by atoms with van der Waals surface area (Å²) < 4.78 is 0. The minimum Gasteiger partial charge on any atom is -0.464 e. The first kappa shape index (κ1) is 16.9. The maximum Gasteiger partial charge on any atom is 0.421 e. The number of hydrogen-bond donors (Lipinski definition) is 3. The molecule has 2 aromatic rings. The molecule has 8 heteroatoms. The van der Waals surface area contributed by atoms with Gasteiger partial charge in [-0.15, -0.1) is 11.3 Å². The maximum atomic E-state index is 11.0. The molecule has 2 rings (SSSR count). The Balaban J connectivity index is 1.87. The van der Waals surface area contributed by atoms with Crippen LogP contribution in [0.5, 0.6) is 0 Å². The van der Waals surface area contributed by atoms with Gasteiger partial charge in [-0.2, -0.15) is 0 Å². The molecule has 1 aromatic carbocycles. The second kappa shape index (κ2) is 7.70. The van der Waals surface area contributed by atoms with Gasteiger partial charge < -0.3 is 10.4 Å². The molecular formula is C15H18N4O3S. The first-order valence-electron chi connectivity index (χ1n) is 6.99. The van der Waals surface area contributed by atoms with Crippen LogP contribution < -0.4 is 11.2 Å². The lowest BCUT2D eigenvalue weighted by Gasteiger charge is -2.12. The van der Waals surface area contributed by atoms with Crippen molar-refractivity contribution in [1.82, 2.24) is 9.99 Å². The quantitative estimate of drug-likeness (QED) is 0.426. The molecule has 0 saturated heterocycles. The van der Waals surface area contributed by atoms with Crippen molar-refractivity contribution in [2.75, 3.05) is 5.32 Å². The van der Waals surface area contributed by atoms with E-state index < -0.39 is 6.09 Å². The van der Waals surface area contributed by atoms with Crippen LogP contribution in [0.4, 0.5) is 9.93 Å². The second-order valence-electron chi connectivity index (χ2n) is 5.05. The number of amides is 2. The van der Waals surface area contributed by atoms with Gasteiger partial charge >= 0.3 is 6.09 Å². The van der Waals surface area contributed by atoms with Crippen LogP contribution in [0.2, 0.25) is 0 Å². The first-order valence-corrected chi connectivity index (χ1v) is 7.87. The molecule has 0 aliphatic rings. The average Bonchev–Trinajstić information content (AvgIpc) is 2.93. The van der Waals surface area contributed by atoms with Gasteiger partial charge in [0.05, 0.1) is 12.2 Å². The molecule has 0 bridgehead atoms. The normalized spacial score (nSPS) is 10.3. The number of rotatable bonds is 6. The fourth-order valence-electron chi connectivity index (χ4n) is 1.98. The minimum atomic E-state index is -1.16. The average molecular weight is 334 g/mol. The Labute approximate surface area is 137 Å². The van der Waals surface area contributed by atoms with Crippen LogP contribution in [0, 0.1) is 0 Å². The predicted octanol–water partition coefficient (Wildman–Crippen LogP) is 2.24. The van der Waals surface area contributed by atoms with E-state index in [1.807, 2.05) is 29.6 Å². The van der Waals surface area contributed by atoms with Gasteiger partial charge in [-0.25, -0.2) is 20.6 Å². The molecule has 2 amide bonds. The zero-order valence-electron chi connectivity index (χ0n) is 12.7. The van der Waals surface area contributed by atoms with Crippen molar-refractivity contribution in [2.24, 2.45) is 5.84 Å². The highest BCUT2D eigenvalue weighted by molar-refractivity contribution is 7.13. The standard InChI is InChI=1S/C15H18N4O3S/c1-10(20)17-14-18-13(9-23-14)7-6-11-2-4-12(5-3-11)8-19(16)15(21)22/h2-5,9H,6-8,16H2,1H3,(H,21,22)(H,17,18,20). The Morgan fingerprint density at radius 2 is 1.91 bits per heavy atom. The zero-order valence-corrected chi connectivity index (χ0v) is 13.5. The van der Waals surface area contributed by atoms with E-state index in [2.05, 4.69) is 10.3 Å². The smallest absolute Gasteiger partial charge is 0.421 e. The van der Waals surface area contributed by atoms with Gasteiger partial charge in [0.15, 0.2) is 5.13 Å². The van der Waals surface area contributed by atoms with Crippen LogP contribution >= 0.6 is 11.3 Å². The molecule has 0 atom stereocenters. The minimum absolute atomic E-state index is 0.128. The van der Waals surface area contributed by atoms with Crippen LogP contribution in [0.15, 0.2) is 29.6 Å². The van der Waals surface area contributed by atoms with Gasteiger partial charge in [0, 0.05) is 12.3 Å². The lowest BCUT2D eigenvalue weighted by Crippen LogP contribution is -2.35. The Morgan fingerprint density at radius 1 is 1.26 bits per heavy atom. The predicted molar refractivity (Wildman–Crippen MR) is 88.0 cm³/mol. The van der Waals surface area contributed by atoms with E-state index in [4.69, 9.17) is 10.9 Å². The molecule has 1 aromatic heterocycles. The SMILES string of the molecule is CC(=O)Nc1nc(CCc2ccc(CN(N)C(=O)O)cc2)cs1. The number of hydrogen-bond acceptors (Lipinski definition) is 5. The van der Waals surface area contributed by atoms with Gasteiger partial charge in [0.1, 0.15) is 0 Å². The Bertz CT molecular complexity index is 684. The van der Waals surface area contributed by atoms with Crippen molar-refractivity contribution in [1.29, 1.82) is 0 Å². The van der Waals surface area contributed by atoms with Crippen molar-refractivity contribution >= 4 is 28.5 Å². The summed E-state index contributed by atoms with van der Waals surface area (Å²) in [4.78, 5) is 26.0. The molecule has 122 valence electrons. The zero-order chi connectivity index (χ0) is 16.8. The molecule has 0 fully saturated rings. The molecule has 0 radical (unpaired) electrons. The number of hydrazine groups is 1. The van der Waals surface area contributed by atoms with Crippen molar-refractivity contribution in [2.45, 2.75) is 26.3 Å². The van der Waals surface area contributed by atoms with Crippen molar-refractivity contribution < 1.29 is 14.7 Å². The number of nitrogens with one attached hydrogen (secondary N) is 1. The topological polar surface area (TPSA) is 109 Å². The molecule has 7 nitrogen and oxygen atoms in total. The molecule has 1 heterocycles. The van der Waals surface area contributed by atoms with Crippen molar-refractivity contribution in [3.8, 4) is 0 Å². The summed E-state index contributed by atoms with van der Waals surface area (Å²) in [6, 6.07) is 7.63. The summed E-state index contributed by atoms with van der Waals surface area (Å²) >= 11 is 1.41. The number of thiazole rings is 1. The molecule has 23 heavy (non-hydrogen) atoms. The number of carbonyl (C=O) groups excluding carboxylic acids is 1. The van der Waals surface area contributed by atoms with E-state index in [9.17, 15) is 9.59 Å². The second-order valence-corrected chi connectivity index (χ2v) is 5.91. The number of nitrogens with zero attached hydrogens (tertiary/aromatic N) is 2. The highest BCUT2D eigenvalue weighted by Gasteiger charge is 2.07. The van der Waals surface area contributed by atoms with Crippen LogP contribution in [-0.4, -0.2) is 27.1 Å². The molecule has 0 unspecified atom stereocenters. The Kier molecular flexibility index (Phi) is 5.67. The molecule has 0 spiro atoms. The highest BCUT2D eigenvalue weighted by Crippen LogP contribution is 2.17. The van der Waals surface area contributed by atoms with E-state index in [0.717, 1.165) is 34.7 Å². The lowest BCUT2D eigenvalue weighted by molar-refractivity contribution is -0.114. The third kappa shape index (κ3) is 5.35. The number of nitrogens with two attached hydrogens (primary N) is 1. The summed E-state index contributed by atoms with van der Waals surface area (Å²) in [5, 5.41) is 14.7. The summed E-state index contributed by atoms with van der Waals surface area (Å²) in [5.41, 5.74) is 2.89. The van der Waals surface area contributed by atoms with E-state index >= 15 is 0 Å². The fraction of sp³-hybridized carbons (Fsp3) is 0.267. The maximum absolute atomic E-state index is 11.0. The van der Waals surface area contributed by atoms with E-state index in [-0.39, 0.29) is 12.5 Å². The third-order valence-electron chi connectivity index (χ3n) is 3.13. The first-order chi connectivity index (χ1) is 10.9. The summed E-state index contributed by atoms with van der Waals surface area (Å²) in [7, 11) is 0. The molecular weight excluding hydrogens is 316 g/mol. The van der Waals surface area contributed by atoms with Gasteiger partial charge in [-0.3, -0.25) is 4.79 Å². The summed E-state index contributed by atoms with van der Waals surface area (Å²) in [6.45, 7) is 1.61. The van der Waals surface area contributed by atoms with Gasteiger partial charge in [-0.1, -0.05) is 24.3 Å². The number of anilines is 1. The van der Waals surface area contributed by atoms with Crippen LogP contribution in [-0.2, 0) is 24.2 Å². The number of carboxylic acid groups (broad SMARTS) is 1. The highest BCUT2D eigenvalue weighted by atomic mass is 32.1. The number of aryl methyl sites for hydroxylation is 2. The summed E-state index contributed by atoms with van der Waals surface area (Å²) in [6.07, 6.45) is 0.426. The fourth-order valence-corrected chi connectivity index (χ4v) is 2.77. The molecule has 0 aliphatic carbocycles. The Morgan fingerprint density at radius 3 is 2.52 bits per heavy atom. The molecule has 0 saturated carbocycles. The molecule has 0 aliphatic heterocycles. The largest absolute Gasteiger partial charge is 0.464 e. The number of carbonyl (C=O) groups is 2. The van der Waals surface area contributed by atoms with E-state index in [1.54, 1.807) is 0 Å². The van der Waals surface area contributed by atoms with Crippen LogP contribution in [0.25, 0.3) is 0 Å². The lowest BCUT2D eigenvalue weighted by atomic mass is 10.1. The van der Waals surface area contributed by atoms with Gasteiger partial charge in [0.2, 0.25) is 5.91 Å². The summed E-state index contributed by atoms with van der Waals surface area (Å²) in [5.74, 6) is 5.23. The third-order valence-corrected chi connectivity index (χ3v) is 3.93. The van der Waals surface area contributed by atoms with Gasteiger partial charge in [0.25, 0.3) is 0 Å². The monoisotopic (exact) mass is 334 g/mol. The van der Waals surface area contributed by atoms with Gasteiger partial charge in [-0.05, 0) is 24.0 Å². The van der Waals surface area contributed by atoms with E-state index in [1.165, 1.54) is 18.3 Å². The van der Waals surface area contributed by atoms with Crippen LogP contribution in [0.1, 0.15) is 23.7 Å². The Hall–Kier alpha value is -2.45. The van der Waals surface area contributed by atoms with Crippen molar-refractivity contribution in [3.63, 3.8) is 0 Å². The van der Waals surface area contributed by atoms with Crippen molar-refractivity contribution in [3.05, 3.63) is 46.5 Å². The number of aromatic nitrogens is 1. The van der Waals surface area contributed by atoms with E-state index in [0.29, 0.717) is 5.13 Å². The van der Waals surface area contributed by atoms with Crippen LogP contribution in [0.3, 0.4) is 0 Å². The number of benzene rings is 1.